The third kappa shape index (κ3) is 3.20. The number of ether oxygens (including phenoxy) is 1. The Labute approximate surface area is 130 Å². The smallest absolute Gasteiger partial charge is 0.148 e. The Morgan fingerprint density at radius 3 is 2.48 bits per heavy atom. The Bertz CT molecular complexity index is 714. The molecule has 0 saturated heterocycles. The van der Waals surface area contributed by atoms with E-state index in [2.05, 4.69) is 19.9 Å². The summed E-state index contributed by atoms with van der Waals surface area (Å²) in [6, 6.07) is 11.6. The first-order chi connectivity index (χ1) is 9.93. The van der Waals surface area contributed by atoms with E-state index in [9.17, 15) is 5.26 Å². The second-order valence-electron chi connectivity index (χ2n) is 5.46. The van der Waals surface area contributed by atoms with Crippen molar-refractivity contribution in [2.24, 2.45) is 0 Å². The van der Waals surface area contributed by atoms with Crippen molar-refractivity contribution < 1.29 is 4.74 Å². The summed E-state index contributed by atoms with van der Waals surface area (Å²) in [5, 5.41) is 9.98. The van der Waals surface area contributed by atoms with Crippen LogP contribution in [0.15, 0.2) is 30.3 Å². The van der Waals surface area contributed by atoms with Crippen molar-refractivity contribution in [3.8, 4) is 17.6 Å². The molecule has 0 N–H and O–H groups in total. The minimum Gasteiger partial charge on any atom is -0.455 e. The van der Waals surface area contributed by atoms with Gasteiger partial charge in [-0.1, -0.05) is 37.6 Å². The molecule has 0 unspecified atom stereocenters. The molecule has 0 aliphatic rings. The van der Waals surface area contributed by atoms with Gasteiger partial charge in [-0.25, -0.2) is 0 Å². The maximum Gasteiger partial charge on any atom is 0.148 e. The van der Waals surface area contributed by atoms with Crippen molar-refractivity contribution in [1.82, 2.24) is 0 Å². The van der Waals surface area contributed by atoms with E-state index >= 15 is 0 Å². The van der Waals surface area contributed by atoms with E-state index in [1.807, 2.05) is 38.1 Å². The summed E-state index contributed by atoms with van der Waals surface area (Å²) >= 11 is 6.28. The van der Waals surface area contributed by atoms with E-state index < -0.39 is 0 Å². The lowest BCUT2D eigenvalue weighted by Crippen LogP contribution is -1.96. The van der Waals surface area contributed by atoms with Gasteiger partial charge in [-0.3, -0.25) is 0 Å². The van der Waals surface area contributed by atoms with Crippen molar-refractivity contribution in [1.29, 1.82) is 5.26 Å². The number of aryl methyl sites for hydroxylation is 2. The molecule has 0 aliphatic heterocycles. The third-order valence-corrected chi connectivity index (χ3v) is 3.79. The van der Waals surface area contributed by atoms with Gasteiger partial charge in [0.25, 0.3) is 0 Å². The zero-order chi connectivity index (χ0) is 15.6. The van der Waals surface area contributed by atoms with Crippen LogP contribution in [-0.4, -0.2) is 0 Å². The molecule has 21 heavy (non-hydrogen) atoms. The SMILES string of the molecule is Cc1cc(Cl)c(C(C)C)cc1Oc1c(C)cccc1C#N. The second-order valence-corrected chi connectivity index (χ2v) is 5.87. The molecule has 0 amide bonds. The lowest BCUT2D eigenvalue weighted by Gasteiger charge is -2.16. The van der Waals surface area contributed by atoms with E-state index in [4.69, 9.17) is 16.3 Å². The van der Waals surface area contributed by atoms with Crippen LogP contribution in [0.3, 0.4) is 0 Å². The van der Waals surface area contributed by atoms with Crippen molar-refractivity contribution >= 4 is 11.6 Å². The fraction of sp³-hybridized carbons (Fsp3) is 0.278. The number of hydrogen-bond acceptors (Lipinski definition) is 2. The Balaban J connectivity index is 2.50. The summed E-state index contributed by atoms with van der Waals surface area (Å²) in [4.78, 5) is 0. The van der Waals surface area contributed by atoms with Crippen molar-refractivity contribution in [2.45, 2.75) is 33.6 Å². The molecule has 0 atom stereocenters. The van der Waals surface area contributed by atoms with Gasteiger partial charge in [0.05, 0.1) is 5.56 Å². The Hall–Kier alpha value is -1.98. The Morgan fingerprint density at radius 2 is 1.86 bits per heavy atom. The lowest BCUT2D eigenvalue weighted by atomic mass is 10.0. The van der Waals surface area contributed by atoms with Crippen LogP contribution in [0.1, 0.15) is 42.0 Å². The highest BCUT2D eigenvalue weighted by molar-refractivity contribution is 6.31. The highest BCUT2D eigenvalue weighted by Crippen LogP contribution is 2.35. The number of nitriles is 1. The maximum absolute atomic E-state index is 9.23. The van der Waals surface area contributed by atoms with Gasteiger partial charge in [-0.2, -0.15) is 5.26 Å². The molecule has 0 bridgehead atoms. The molecule has 0 radical (unpaired) electrons. The topological polar surface area (TPSA) is 33.0 Å². The molecular weight excluding hydrogens is 282 g/mol. The predicted octanol–water partition coefficient (Wildman–Crippen LogP) is 5.74. The molecule has 0 fully saturated rings. The van der Waals surface area contributed by atoms with Gasteiger partial charge in [0, 0.05) is 5.02 Å². The molecule has 0 aromatic heterocycles. The summed E-state index contributed by atoms with van der Waals surface area (Å²) in [6.45, 7) is 8.07. The largest absolute Gasteiger partial charge is 0.455 e. The number of nitrogens with zero attached hydrogens (tertiary/aromatic N) is 1. The summed E-state index contributed by atoms with van der Waals surface area (Å²) in [5.41, 5.74) is 3.48. The molecule has 2 nitrogen and oxygen atoms in total. The Kier molecular flexibility index (Phi) is 4.55. The molecule has 108 valence electrons. The first-order valence-electron chi connectivity index (χ1n) is 6.91. The van der Waals surface area contributed by atoms with Gasteiger partial charge in [-0.05, 0) is 54.7 Å². The predicted molar refractivity (Wildman–Crippen MR) is 86.2 cm³/mol. The van der Waals surface area contributed by atoms with Gasteiger partial charge < -0.3 is 4.74 Å². The van der Waals surface area contributed by atoms with Crippen LogP contribution in [0.5, 0.6) is 11.5 Å². The van der Waals surface area contributed by atoms with Crippen LogP contribution in [-0.2, 0) is 0 Å². The third-order valence-electron chi connectivity index (χ3n) is 3.46. The summed E-state index contributed by atoms with van der Waals surface area (Å²) in [7, 11) is 0. The average Bonchev–Trinajstić information content (AvgIpc) is 2.43. The zero-order valence-electron chi connectivity index (χ0n) is 12.7. The van der Waals surface area contributed by atoms with E-state index in [1.165, 1.54) is 0 Å². The van der Waals surface area contributed by atoms with Crippen molar-refractivity contribution in [3.63, 3.8) is 0 Å². The Morgan fingerprint density at radius 1 is 1.14 bits per heavy atom. The first kappa shape index (κ1) is 15.4. The summed E-state index contributed by atoms with van der Waals surface area (Å²) in [5.74, 6) is 1.67. The molecule has 2 rings (SSSR count). The monoisotopic (exact) mass is 299 g/mol. The standard InChI is InChI=1S/C18H18ClNO/c1-11(2)15-9-17(13(4)8-16(15)19)21-18-12(3)6-5-7-14(18)10-20/h5-9,11H,1-4H3. The minimum absolute atomic E-state index is 0.313. The van der Waals surface area contributed by atoms with Crippen LogP contribution in [0.25, 0.3) is 0 Å². The first-order valence-corrected chi connectivity index (χ1v) is 7.29. The summed E-state index contributed by atoms with van der Waals surface area (Å²) < 4.78 is 6.03. The highest BCUT2D eigenvalue weighted by Gasteiger charge is 2.13. The normalized spacial score (nSPS) is 10.5. The van der Waals surface area contributed by atoms with Crippen LogP contribution >= 0.6 is 11.6 Å². The van der Waals surface area contributed by atoms with Gasteiger partial charge in [0.2, 0.25) is 0 Å². The molecule has 0 spiro atoms. The molecule has 0 aliphatic carbocycles. The van der Waals surface area contributed by atoms with Gasteiger partial charge >= 0.3 is 0 Å². The van der Waals surface area contributed by atoms with Crippen LogP contribution < -0.4 is 4.74 Å². The molecule has 0 heterocycles. The average molecular weight is 300 g/mol. The van der Waals surface area contributed by atoms with Crippen LogP contribution in [0, 0.1) is 25.2 Å². The number of hydrogen-bond donors (Lipinski definition) is 0. The van der Waals surface area contributed by atoms with Crippen LogP contribution in [0.2, 0.25) is 5.02 Å². The van der Waals surface area contributed by atoms with Gasteiger partial charge in [-0.15, -0.1) is 0 Å². The molecule has 2 aromatic rings. The second kappa shape index (κ2) is 6.20. The van der Waals surface area contributed by atoms with E-state index in [1.54, 1.807) is 6.07 Å². The van der Waals surface area contributed by atoms with Gasteiger partial charge in [0.1, 0.15) is 17.6 Å². The van der Waals surface area contributed by atoms with Gasteiger partial charge in [0.15, 0.2) is 0 Å². The van der Waals surface area contributed by atoms with Crippen LogP contribution in [0.4, 0.5) is 0 Å². The van der Waals surface area contributed by atoms with Crippen molar-refractivity contribution in [2.75, 3.05) is 0 Å². The van der Waals surface area contributed by atoms with E-state index in [0.29, 0.717) is 17.2 Å². The fourth-order valence-electron chi connectivity index (χ4n) is 2.21. The molecule has 0 saturated carbocycles. The number of benzene rings is 2. The van der Waals surface area contributed by atoms with Crippen molar-refractivity contribution in [3.05, 3.63) is 57.6 Å². The quantitative estimate of drug-likeness (QED) is 0.723. The fourth-order valence-corrected chi connectivity index (χ4v) is 2.64. The highest BCUT2D eigenvalue weighted by atomic mass is 35.5. The maximum atomic E-state index is 9.23. The van der Waals surface area contributed by atoms with E-state index in [-0.39, 0.29) is 0 Å². The minimum atomic E-state index is 0.313. The molecule has 3 heteroatoms. The number of para-hydroxylation sites is 1. The lowest BCUT2D eigenvalue weighted by molar-refractivity contribution is 0.472. The number of halogens is 1. The van der Waals surface area contributed by atoms with E-state index in [0.717, 1.165) is 27.5 Å². The number of rotatable bonds is 3. The molecule has 2 aromatic carbocycles. The molecular formula is C18H18ClNO. The summed E-state index contributed by atoms with van der Waals surface area (Å²) in [6.07, 6.45) is 0. The zero-order valence-corrected chi connectivity index (χ0v) is 13.5.